The Morgan fingerprint density at radius 3 is 2.48 bits per heavy atom. The lowest BCUT2D eigenvalue weighted by atomic mass is 10.1. The Hall–Kier alpha value is -2.77. The van der Waals surface area contributed by atoms with Crippen molar-refractivity contribution in [3.8, 4) is 5.75 Å². The molecule has 0 spiro atoms. The highest BCUT2D eigenvalue weighted by molar-refractivity contribution is 6.35. The molecule has 1 atom stereocenters. The molecule has 0 aliphatic carbocycles. The molecule has 1 N–H and O–H groups in total. The zero-order valence-electron chi connectivity index (χ0n) is 16.0. The van der Waals surface area contributed by atoms with E-state index in [4.69, 9.17) is 32.7 Å². The van der Waals surface area contributed by atoms with Gasteiger partial charge >= 0.3 is 11.9 Å². The minimum Gasteiger partial charge on any atom is -0.477 e. The Balaban J connectivity index is 1.91. The van der Waals surface area contributed by atoms with Crippen LogP contribution in [0.5, 0.6) is 5.75 Å². The lowest BCUT2D eigenvalue weighted by molar-refractivity contribution is -0.153. The molecule has 0 saturated carbocycles. The molecule has 29 heavy (non-hydrogen) atoms. The summed E-state index contributed by atoms with van der Waals surface area (Å²) in [5.74, 6) is -1.58. The van der Waals surface area contributed by atoms with Gasteiger partial charge in [0.05, 0.1) is 17.7 Å². The van der Waals surface area contributed by atoms with E-state index in [1.165, 1.54) is 32.2 Å². The first-order valence-electron chi connectivity index (χ1n) is 8.48. The van der Waals surface area contributed by atoms with Gasteiger partial charge in [-0.15, -0.1) is 0 Å². The molecule has 1 amide bonds. The van der Waals surface area contributed by atoms with Gasteiger partial charge in [0, 0.05) is 10.7 Å². The molecule has 0 bridgehead atoms. The first-order chi connectivity index (χ1) is 13.7. The third kappa shape index (κ3) is 6.37. The SMILES string of the molecule is COC(=O)c1ccc(C)c(NC(=O)COC(=O)C(C)Oc2ccc(Cl)cc2Cl)c1. The topological polar surface area (TPSA) is 90.9 Å². The van der Waals surface area contributed by atoms with Crippen LogP contribution in [-0.2, 0) is 19.1 Å². The molecular weight excluding hydrogens is 421 g/mol. The Morgan fingerprint density at radius 2 is 1.83 bits per heavy atom. The predicted octanol–water partition coefficient (Wildman–Crippen LogP) is 4.04. The number of rotatable bonds is 7. The number of carbonyl (C=O) groups excluding carboxylic acids is 3. The fourth-order valence-corrected chi connectivity index (χ4v) is 2.70. The van der Waals surface area contributed by atoms with Crippen LogP contribution >= 0.6 is 23.2 Å². The first kappa shape index (κ1) is 22.5. The van der Waals surface area contributed by atoms with E-state index >= 15 is 0 Å². The molecule has 1 unspecified atom stereocenters. The molecule has 9 heteroatoms. The number of carbonyl (C=O) groups is 3. The number of nitrogens with one attached hydrogen (secondary N) is 1. The Morgan fingerprint density at radius 1 is 1.10 bits per heavy atom. The highest BCUT2D eigenvalue weighted by Crippen LogP contribution is 2.28. The van der Waals surface area contributed by atoms with Crippen molar-refractivity contribution in [2.24, 2.45) is 0 Å². The number of hydrogen-bond acceptors (Lipinski definition) is 6. The molecule has 0 fully saturated rings. The summed E-state index contributed by atoms with van der Waals surface area (Å²) in [4.78, 5) is 35.8. The molecule has 7 nitrogen and oxygen atoms in total. The Labute approximate surface area is 177 Å². The van der Waals surface area contributed by atoms with Crippen molar-refractivity contribution in [1.29, 1.82) is 0 Å². The minimum atomic E-state index is -0.995. The fourth-order valence-electron chi connectivity index (χ4n) is 2.25. The van der Waals surface area contributed by atoms with Gasteiger partial charge in [0.25, 0.3) is 5.91 Å². The first-order valence-corrected chi connectivity index (χ1v) is 9.24. The van der Waals surface area contributed by atoms with Crippen molar-refractivity contribution >= 4 is 46.7 Å². The summed E-state index contributed by atoms with van der Waals surface area (Å²) in [6, 6.07) is 9.30. The summed E-state index contributed by atoms with van der Waals surface area (Å²) in [6.45, 7) is 2.70. The zero-order valence-corrected chi connectivity index (χ0v) is 17.5. The van der Waals surface area contributed by atoms with Crippen molar-refractivity contribution < 1.29 is 28.6 Å². The van der Waals surface area contributed by atoms with Crippen LogP contribution in [0, 0.1) is 6.92 Å². The average molecular weight is 440 g/mol. The van der Waals surface area contributed by atoms with Gasteiger partial charge in [0.2, 0.25) is 0 Å². The highest BCUT2D eigenvalue weighted by atomic mass is 35.5. The van der Waals surface area contributed by atoms with Gasteiger partial charge in [-0.2, -0.15) is 0 Å². The van der Waals surface area contributed by atoms with Crippen molar-refractivity contribution in [2.75, 3.05) is 19.0 Å². The van der Waals surface area contributed by atoms with Crippen LogP contribution in [0.1, 0.15) is 22.8 Å². The van der Waals surface area contributed by atoms with E-state index < -0.39 is 30.6 Å². The van der Waals surface area contributed by atoms with Gasteiger partial charge in [-0.3, -0.25) is 4.79 Å². The van der Waals surface area contributed by atoms with E-state index in [0.717, 1.165) is 5.56 Å². The highest BCUT2D eigenvalue weighted by Gasteiger charge is 2.19. The van der Waals surface area contributed by atoms with Gasteiger partial charge < -0.3 is 19.5 Å². The van der Waals surface area contributed by atoms with Crippen LogP contribution in [0.3, 0.4) is 0 Å². The second-order valence-electron chi connectivity index (χ2n) is 6.01. The van der Waals surface area contributed by atoms with Crippen LogP contribution in [0.25, 0.3) is 0 Å². The maximum absolute atomic E-state index is 12.1. The molecule has 0 saturated heterocycles. The molecule has 0 radical (unpaired) electrons. The van der Waals surface area contributed by atoms with E-state index in [-0.39, 0.29) is 16.3 Å². The molecule has 0 heterocycles. The molecule has 154 valence electrons. The number of esters is 2. The van der Waals surface area contributed by atoms with Crippen molar-refractivity contribution in [1.82, 2.24) is 0 Å². The summed E-state index contributed by atoms with van der Waals surface area (Å²) in [6.07, 6.45) is -0.995. The van der Waals surface area contributed by atoms with Crippen LogP contribution in [0.15, 0.2) is 36.4 Å². The van der Waals surface area contributed by atoms with Crippen molar-refractivity contribution in [3.63, 3.8) is 0 Å². The smallest absolute Gasteiger partial charge is 0.347 e. The summed E-state index contributed by atoms with van der Waals surface area (Å²) < 4.78 is 15.1. The van der Waals surface area contributed by atoms with Crippen LogP contribution in [-0.4, -0.2) is 37.7 Å². The summed E-state index contributed by atoms with van der Waals surface area (Å²) in [5.41, 5.74) is 1.42. The molecule has 0 aromatic heterocycles. The van der Waals surface area contributed by atoms with Gasteiger partial charge in [0.15, 0.2) is 12.7 Å². The standard InChI is InChI=1S/C20H19Cl2NO6/c1-11-4-5-13(20(26)27-3)8-16(11)23-18(24)10-28-19(25)12(2)29-17-7-6-14(21)9-15(17)22/h4-9,12H,10H2,1-3H3,(H,23,24). The summed E-state index contributed by atoms with van der Waals surface area (Å²) in [7, 11) is 1.26. The lowest BCUT2D eigenvalue weighted by Crippen LogP contribution is -2.30. The third-order valence-corrected chi connectivity index (χ3v) is 4.34. The largest absolute Gasteiger partial charge is 0.477 e. The predicted molar refractivity (Wildman–Crippen MR) is 109 cm³/mol. The van der Waals surface area contributed by atoms with E-state index in [1.807, 2.05) is 0 Å². The number of methoxy groups -OCH3 is 1. The van der Waals surface area contributed by atoms with Gasteiger partial charge in [0.1, 0.15) is 5.75 Å². The fraction of sp³-hybridized carbons (Fsp3) is 0.250. The number of benzene rings is 2. The maximum atomic E-state index is 12.1. The zero-order chi connectivity index (χ0) is 21.6. The number of ether oxygens (including phenoxy) is 3. The van der Waals surface area contributed by atoms with Gasteiger partial charge in [-0.25, -0.2) is 9.59 Å². The van der Waals surface area contributed by atoms with Crippen LogP contribution in [0.2, 0.25) is 10.0 Å². The molecule has 0 aliphatic rings. The number of halogens is 2. The lowest BCUT2D eigenvalue weighted by Gasteiger charge is -2.15. The molecule has 2 rings (SSSR count). The molecule has 2 aromatic carbocycles. The van der Waals surface area contributed by atoms with Crippen molar-refractivity contribution in [2.45, 2.75) is 20.0 Å². The van der Waals surface area contributed by atoms with Crippen LogP contribution in [0.4, 0.5) is 5.69 Å². The maximum Gasteiger partial charge on any atom is 0.347 e. The molecule has 0 aliphatic heterocycles. The average Bonchev–Trinajstić information content (AvgIpc) is 2.69. The number of aryl methyl sites for hydroxylation is 1. The third-order valence-electron chi connectivity index (χ3n) is 3.81. The van der Waals surface area contributed by atoms with E-state index in [1.54, 1.807) is 25.1 Å². The van der Waals surface area contributed by atoms with E-state index in [9.17, 15) is 14.4 Å². The molecular formula is C20H19Cl2NO6. The summed E-state index contributed by atoms with van der Waals surface area (Å²) >= 11 is 11.8. The number of anilines is 1. The van der Waals surface area contributed by atoms with Crippen LogP contribution < -0.4 is 10.1 Å². The van der Waals surface area contributed by atoms with Crippen molar-refractivity contribution in [3.05, 3.63) is 57.6 Å². The Kier molecular flexibility index (Phi) is 7.87. The minimum absolute atomic E-state index is 0.246. The second kappa shape index (κ2) is 10.1. The van der Waals surface area contributed by atoms with Gasteiger partial charge in [-0.1, -0.05) is 29.3 Å². The monoisotopic (exact) mass is 439 g/mol. The number of amides is 1. The Bertz CT molecular complexity index is 931. The van der Waals surface area contributed by atoms with E-state index in [0.29, 0.717) is 10.7 Å². The second-order valence-corrected chi connectivity index (χ2v) is 6.86. The molecule has 2 aromatic rings. The quantitative estimate of drug-likeness (QED) is 0.654. The normalized spacial score (nSPS) is 11.3. The van der Waals surface area contributed by atoms with E-state index in [2.05, 4.69) is 10.1 Å². The number of hydrogen-bond donors (Lipinski definition) is 1. The summed E-state index contributed by atoms with van der Waals surface area (Å²) in [5, 5.41) is 3.27. The van der Waals surface area contributed by atoms with Gasteiger partial charge in [-0.05, 0) is 49.7 Å².